The van der Waals surface area contributed by atoms with E-state index in [1.54, 1.807) is 42.5 Å². The minimum absolute atomic E-state index is 0.165. The normalized spacial score (nSPS) is 10.3. The number of anilines is 2. The van der Waals surface area contributed by atoms with Crippen LogP contribution in [0.1, 0.15) is 34.9 Å². The highest BCUT2D eigenvalue weighted by molar-refractivity contribution is 6.06. The first kappa shape index (κ1) is 19.9. The average molecular weight is 395 g/mol. The smallest absolute Gasteiger partial charge is 0.291 e. The number of hydrogen-bond acceptors (Lipinski definition) is 6. The Bertz CT molecular complexity index is 971. The number of aromatic nitrogens is 1. The number of amides is 2. The van der Waals surface area contributed by atoms with E-state index in [-0.39, 0.29) is 17.4 Å². The van der Waals surface area contributed by atoms with E-state index in [9.17, 15) is 9.59 Å². The number of nitrogens with zero attached hydrogens (tertiary/aromatic N) is 1. The first-order valence-electron chi connectivity index (χ1n) is 9.13. The van der Waals surface area contributed by atoms with Gasteiger partial charge in [0.15, 0.2) is 5.76 Å². The van der Waals surface area contributed by atoms with Crippen LogP contribution in [0, 0.1) is 0 Å². The molecule has 0 fully saturated rings. The van der Waals surface area contributed by atoms with Gasteiger partial charge in [0.1, 0.15) is 17.2 Å². The highest BCUT2D eigenvalue weighted by atomic mass is 16.5. The Hall–Kier alpha value is -3.81. The Labute approximate surface area is 167 Å². The van der Waals surface area contributed by atoms with Gasteiger partial charge in [0.25, 0.3) is 11.8 Å². The Morgan fingerprint density at radius 1 is 0.931 bits per heavy atom. The summed E-state index contributed by atoms with van der Waals surface area (Å²) in [5.41, 5.74) is 1.07. The molecule has 0 unspecified atom stereocenters. The predicted molar refractivity (Wildman–Crippen MR) is 108 cm³/mol. The second-order valence-electron chi connectivity index (χ2n) is 5.81. The number of carbonyl (C=O) groups excluding carboxylic acids is 2. The molecule has 0 saturated heterocycles. The summed E-state index contributed by atoms with van der Waals surface area (Å²) in [4.78, 5) is 28.9. The average Bonchev–Trinajstić information content (AvgIpc) is 3.27. The van der Waals surface area contributed by atoms with Crippen LogP contribution in [0.5, 0.6) is 11.5 Å². The van der Waals surface area contributed by atoms with Crippen LogP contribution in [0.3, 0.4) is 0 Å². The molecule has 0 aliphatic heterocycles. The van der Waals surface area contributed by atoms with Gasteiger partial charge in [0, 0.05) is 18.3 Å². The molecule has 2 amide bonds. The lowest BCUT2D eigenvalue weighted by Gasteiger charge is -2.17. The largest absolute Gasteiger partial charge is 0.492 e. The zero-order valence-corrected chi connectivity index (χ0v) is 16.1. The Balaban J connectivity index is 1.92. The van der Waals surface area contributed by atoms with Gasteiger partial charge >= 0.3 is 0 Å². The van der Waals surface area contributed by atoms with Crippen molar-refractivity contribution in [2.75, 3.05) is 23.8 Å². The third-order valence-electron chi connectivity index (χ3n) is 3.82. The summed E-state index contributed by atoms with van der Waals surface area (Å²) < 4.78 is 16.4. The number of rotatable bonds is 8. The molecule has 0 radical (unpaired) electrons. The number of furan rings is 1. The molecule has 150 valence electrons. The van der Waals surface area contributed by atoms with E-state index < -0.39 is 5.91 Å². The summed E-state index contributed by atoms with van der Waals surface area (Å²) in [5, 5.41) is 5.53. The Morgan fingerprint density at radius 3 is 2.10 bits per heavy atom. The fourth-order valence-electron chi connectivity index (χ4n) is 2.58. The molecule has 0 bridgehead atoms. The zero-order chi connectivity index (χ0) is 20.6. The number of carbonyl (C=O) groups is 2. The first-order valence-corrected chi connectivity index (χ1v) is 9.13. The van der Waals surface area contributed by atoms with Crippen LogP contribution in [0.15, 0.2) is 59.3 Å². The molecule has 29 heavy (non-hydrogen) atoms. The molecule has 0 aliphatic rings. The zero-order valence-electron chi connectivity index (χ0n) is 16.1. The van der Waals surface area contributed by atoms with Crippen molar-refractivity contribution in [3.05, 3.63) is 66.4 Å². The highest BCUT2D eigenvalue weighted by Crippen LogP contribution is 2.37. The molecular weight excluding hydrogens is 374 g/mol. The number of benzene rings is 1. The van der Waals surface area contributed by atoms with Crippen molar-refractivity contribution in [3.8, 4) is 11.5 Å². The molecule has 8 nitrogen and oxygen atoms in total. The lowest BCUT2D eigenvalue weighted by atomic mass is 10.2. The van der Waals surface area contributed by atoms with Crippen LogP contribution in [-0.4, -0.2) is 30.0 Å². The third kappa shape index (κ3) is 4.92. The number of hydrogen-bond donors (Lipinski definition) is 2. The standard InChI is InChI=1S/C21H21N3O5/c1-3-27-18-13-16(24-21(26)17-9-7-11-29-17)19(28-4-2)12-15(18)23-20(25)14-8-5-6-10-22-14/h5-13H,3-4H2,1-2H3,(H,23,25)(H,24,26). The van der Waals surface area contributed by atoms with E-state index in [2.05, 4.69) is 15.6 Å². The Morgan fingerprint density at radius 2 is 1.59 bits per heavy atom. The van der Waals surface area contributed by atoms with Crippen LogP contribution < -0.4 is 20.1 Å². The van der Waals surface area contributed by atoms with Crippen molar-refractivity contribution >= 4 is 23.2 Å². The number of nitrogens with one attached hydrogen (secondary N) is 2. The van der Waals surface area contributed by atoms with Crippen LogP contribution in [0.4, 0.5) is 11.4 Å². The van der Waals surface area contributed by atoms with E-state index >= 15 is 0 Å². The second-order valence-corrected chi connectivity index (χ2v) is 5.81. The van der Waals surface area contributed by atoms with E-state index in [1.807, 2.05) is 13.8 Å². The van der Waals surface area contributed by atoms with Crippen molar-refractivity contribution in [2.24, 2.45) is 0 Å². The summed E-state index contributed by atoms with van der Waals surface area (Å²) in [6, 6.07) is 11.4. The van der Waals surface area contributed by atoms with Crippen LogP contribution in [-0.2, 0) is 0 Å². The lowest BCUT2D eigenvalue weighted by Crippen LogP contribution is -2.16. The third-order valence-corrected chi connectivity index (χ3v) is 3.82. The molecular formula is C21H21N3O5. The molecule has 2 heterocycles. The van der Waals surface area contributed by atoms with Gasteiger partial charge in [-0.2, -0.15) is 0 Å². The fraction of sp³-hybridized carbons (Fsp3) is 0.190. The van der Waals surface area contributed by atoms with Gasteiger partial charge in [-0.25, -0.2) is 0 Å². The Kier molecular flexibility index (Phi) is 6.47. The summed E-state index contributed by atoms with van der Waals surface area (Å²) in [7, 11) is 0. The van der Waals surface area contributed by atoms with E-state index in [4.69, 9.17) is 13.9 Å². The SMILES string of the molecule is CCOc1cc(NC(=O)c2ccco2)c(OCC)cc1NC(=O)c1ccccn1. The molecule has 0 aliphatic carbocycles. The van der Waals surface area contributed by atoms with Crippen molar-refractivity contribution in [1.82, 2.24) is 4.98 Å². The summed E-state index contributed by atoms with van der Waals surface area (Å²) in [6.07, 6.45) is 2.96. The summed E-state index contributed by atoms with van der Waals surface area (Å²) in [6.45, 7) is 4.37. The summed E-state index contributed by atoms with van der Waals surface area (Å²) >= 11 is 0. The van der Waals surface area contributed by atoms with Gasteiger partial charge in [0.05, 0.1) is 30.9 Å². The maximum atomic E-state index is 12.5. The van der Waals surface area contributed by atoms with E-state index in [1.165, 1.54) is 12.5 Å². The quantitative estimate of drug-likeness (QED) is 0.598. The molecule has 0 atom stereocenters. The van der Waals surface area contributed by atoms with Crippen LogP contribution in [0.25, 0.3) is 0 Å². The predicted octanol–water partition coefficient (Wildman–Crippen LogP) is 3.98. The number of pyridine rings is 1. The molecule has 0 saturated carbocycles. The van der Waals surface area contributed by atoms with Gasteiger partial charge in [0.2, 0.25) is 0 Å². The van der Waals surface area contributed by atoms with Crippen molar-refractivity contribution in [3.63, 3.8) is 0 Å². The molecule has 3 aromatic rings. The van der Waals surface area contributed by atoms with Crippen molar-refractivity contribution < 1.29 is 23.5 Å². The molecule has 2 N–H and O–H groups in total. The minimum Gasteiger partial charge on any atom is -0.492 e. The molecule has 2 aromatic heterocycles. The lowest BCUT2D eigenvalue weighted by molar-refractivity contribution is 0.0993. The minimum atomic E-state index is -0.427. The van der Waals surface area contributed by atoms with Gasteiger partial charge in [-0.15, -0.1) is 0 Å². The van der Waals surface area contributed by atoms with Crippen LogP contribution >= 0.6 is 0 Å². The highest BCUT2D eigenvalue weighted by Gasteiger charge is 2.18. The van der Waals surface area contributed by atoms with Gasteiger partial charge in [-0.1, -0.05) is 6.07 Å². The fourth-order valence-corrected chi connectivity index (χ4v) is 2.58. The molecule has 1 aromatic carbocycles. The first-order chi connectivity index (χ1) is 14.1. The molecule has 8 heteroatoms. The van der Waals surface area contributed by atoms with E-state index in [0.717, 1.165) is 0 Å². The van der Waals surface area contributed by atoms with Gasteiger partial charge in [-0.05, 0) is 38.1 Å². The monoisotopic (exact) mass is 395 g/mol. The summed E-state index contributed by atoms with van der Waals surface area (Å²) in [5.74, 6) is 0.116. The second kappa shape index (κ2) is 9.41. The van der Waals surface area contributed by atoms with Crippen LogP contribution in [0.2, 0.25) is 0 Å². The maximum absolute atomic E-state index is 12.5. The topological polar surface area (TPSA) is 103 Å². The van der Waals surface area contributed by atoms with Gasteiger partial charge in [-0.3, -0.25) is 14.6 Å². The van der Waals surface area contributed by atoms with Gasteiger partial charge < -0.3 is 24.5 Å². The number of ether oxygens (including phenoxy) is 2. The maximum Gasteiger partial charge on any atom is 0.291 e. The molecule has 0 spiro atoms. The molecule has 3 rings (SSSR count). The van der Waals surface area contributed by atoms with E-state index in [0.29, 0.717) is 36.1 Å². The van der Waals surface area contributed by atoms with Crippen molar-refractivity contribution in [2.45, 2.75) is 13.8 Å². The van der Waals surface area contributed by atoms with Crippen molar-refractivity contribution in [1.29, 1.82) is 0 Å².